The van der Waals surface area contributed by atoms with Crippen LogP contribution in [0.25, 0.3) is 33.9 Å². The first-order chi connectivity index (χ1) is 17.2. The molecule has 0 N–H and O–H groups in total. The van der Waals surface area contributed by atoms with E-state index >= 15 is 0 Å². The second kappa shape index (κ2) is 10.4. The highest BCUT2D eigenvalue weighted by atomic mass is 19.2. The van der Waals surface area contributed by atoms with Gasteiger partial charge in [0.15, 0.2) is 29.1 Å². The minimum absolute atomic E-state index is 0.329. The molecule has 36 heavy (non-hydrogen) atoms. The van der Waals surface area contributed by atoms with E-state index in [2.05, 4.69) is 6.92 Å². The first-order valence-electron chi connectivity index (χ1n) is 11.1. The maximum absolute atomic E-state index is 14.9. The molecule has 0 atom stereocenters. The molecule has 0 radical (unpaired) electrons. The zero-order chi connectivity index (χ0) is 26.0. The van der Waals surface area contributed by atoms with Gasteiger partial charge in [-0.3, -0.25) is 0 Å². The van der Waals surface area contributed by atoms with Crippen molar-refractivity contribution in [2.45, 2.75) is 19.8 Å². The van der Waals surface area contributed by atoms with Crippen LogP contribution in [0.1, 0.15) is 30.0 Å². The largest absolute Gasteiger partial charge is 0.206 e. The van der Waals surface area contributed by atoms with Crippen LogP contribution in [0.3, 0.4) is 0 Å². The molecule has 0 bridgehead atoms. The van der Waals surface area contributed by atoms with Crippen LogP contribution in [-0.4, -0.2) is 0 Å². The minimum atomic E-state index is -1.71. The summed E-state index contributed by atoms with van der Waals surface area (Å²) in [5, 5.41) is 0. The second-order valence-electron chi connectivity index (χ2n) is 8.22. The lowest BCUT2D eigenvalue weighted by atomic mass is 9.99. The number of rotatable bonds is 6. The molecule has 7 heteroatoms. The van der Waals surface area contributed by atoms with Gasteiger partial charge < -0.3 is 0 Å². The van der Waals surface area contributed by atoms with Gasteiger partial charge in [0.25, 0.3) is 0 Å². The van der Waals surface area contributed by atoms with Crippen molar-refractivity contribution in [2.24, 2.45) is 0 Å². The zero-order valence-corrected chi connectivity index (χ0v) is 19.0. The Morgan fingerprint density at radius 1 is 0.583 bits per heavy atom. The number of benzene rings is 4. The maximum atomic E-state index is 14.9. The van der Waals surface area contributed by atoms with Gasteiger partial charge in [-0.15, -0.1) is 0 Å². The highest BCUT2D eigenvalue weighted by molar-refractivity contribution is 5.84. The van der Waals surface area contributed by atoms with Crippen LogP contribution >= 0.6 is 0 Å². The average molecular weight is 500 g/mol. The molecule has 0 fully saturated rings. The molecule has 0 aliphatic rings. The summed E-state index contributed by atoms with van der Waals surface area (Å²) in [6, 6.07) is 14.8. The molecule has 0 heterocycles. The summed E-state index contributed by atoms with van der Waals surface area (Å²) in [6.45, 7) is 2.06. The standard InChI is InChI=1S/C29H19F7/c1-2-3-16-4-6-17(7-5-16)18-8-11-22(24(31)12-18)28(35)27(34)19-9-10-21(23(30)13-19)20-14-25(32)29(36)26(33)15-20/h4-15H,2-3H2,1H3/b28-27+. The van der Waals surface area contributed by atoms with Crippen molar-refractivity contribution in [1.82, 2.24) is 0 Å². The van der Waals surface area contributed by atoms with Crippen LogP contribution in [0.15, 0.2) is 72.8 Å². The molecule has 0 aliphatic heterocycles. The Labute approximate surface area is 203 Å². The molecule has 4 aromatic rings. The van der Waals surface area contributed by atoms with Crippen LogP contribution in [0, 0.1) is 29.1 Å². The van der Waals surface area contributed by atoms with Gasteiger partial charge in [0.2, 0.25) is 0 Å². The SMILES string of the molecule is CCCc1ccc(-c2ccc(/C(F)=C(\F)c3ccc(-c4cc(F)c(F)c(F)c4)c(F)c3)c(F)c2)cc1. The first-order valence-corrected chi connectivity index (χ1v) is 11.1. The minimum Gasteiger partial charge on any atom is -0.206 e. The van der Waals surface area contributed by atoms with E-state index in [-0.39, 0.29) is 11.1 Å². The molecular formula is C29H19F7. The lowest BCUT2D eigenvalue weighted by Crippen LogP contribution is -1.95. The lowest BCUT2D eigenvalue weighted by Gasteiger charge is -2.09. The van der Waals surface area contributed by atoms with E-state index in [1.54, 1.807) is 0 Å². The Hall–Kier alpha value is -3.87. The predicted molar refractivity (Wildman–Crippen MR) is 127 cm³/mol. The highest BCUT2D eigenvalue weighted by Crippen LogP contribution is 2.34. The Balaban J connectivity index is 1.64. The van der Waals surface area contributed by atoms with Crippen molar-refractivity contribution in [3.8, 4) is 22.3 Å². The summed E-state index contributed by atoms with van der Waals surface area (Å²) in [6.07, 6.45) is 1.89. The summed E-state index contributed by atoms with van der Waals surface area (Å²) < 4.78 is 99.2. The number of hydrogen-bond acceptors (Lipinski definition) is 0. The number of halogens is 7. The number of aryl methyl sites for hydroxylation is 1. The third-order valence-corrected chi connectivity index (χ3v) is 5.74. The van der Waals surface area contributed by atoms with Crippen LogP contribution < -0.4 is 0 Å². The molecule has 0 saturated carbocycles. The van der Waals surface area contributed by atoms with Crippen molar-refractivity contribution in [2.75, 3.05) is 0 Å². The van der Waals surface area contributed by atoms with Gasteiger partial charge in [0.05, 0.1) is 0 Å². The van der Waals surface area contributed by atoms with Crippen molar-refractivity contribution in [3.63, 3.8) is 0 Å². The molecule has 0 saturated heterocycles. The third kappa shape index (κ3) is 5.05. The topological polar surface area (TPSA) is 0 Å². The third-order valence-electron chi connectivity index (χ3n) is 5.74. The fourth-order valence-electron chi connectivity index (χ4n) is 3.87. The zero-order valence-electron chi connectivity index (χ0n) is 19.0. The van der Waals surface area contributed by atoms with E-state index in [0.717, 1.165) is 42.7 Å². The van der Waals surface area contributed by atoms with E-state index in [9.17, 15) is 30.7 Å². The van der Waals surface area contributed by atoms with Gasteiger partial charge in [0, 0.05) is 16.7 Å². The van der Waals surface area contributed by atoms with Crippen molar-refractivity contribution < 1.29 is 30.7 Å². The van der Waals surface area contributed by atoms with Crippen LogP contribution in [-0.2, 0) is 6.42 Å². The summed E-state index contributed by atoms with van der Waals surface area (Å²) in [7, 11) is 0. The molecule has 0 aromatic heterocycles. The van der Waals surface area contributed by atoms with Gasteiger partial charge >= 0.3 is 0 Å². The Morgan fingerprint density at radius 2 is 1.19 bits per heavy atom. The van der Waals surface area contributed by atoms with E-state index in [4.69, 9.17) is 0 Å². The number of hydrogen-bond donors (Lipinski definition) is 0. The summed E-state index contributed by atoms with van der Waals surface area (Å²) in [4.78, 5) is 0. The molecular weight excluding hydrogens is 481 g/mol. The van der Waals surface area contributed by atoms with Gasteiger partial charge in [-0.05, 0) is 59.0 Å². The Bertz CT molecular complexity index is 1430. The first kappa shape index (κ1) is 25.2. The van der Waals surface area contributed by atoms with Crippen LogP contribution in [0.2, 0.25) is 0 Å². The normalized spacial score (nSPS) is 12.0. The van der Waals surface area contributed by atoms with Crippen LogP contribution in [0.4, 0.5) is 30.7 Å². The molecule has 4 rings (SSSR count). The Morgan fingerprint density at radius 3 is 1.78 bits per heavy atom. The molecule has 0 unspecified atom stereocenters. The van der Waals surface area contributed by atoms with E-state index in [1.807, 2.05) is 24.3 Å². The summed E-state index contributed by atoms with van der Waals surface area (Å²) >= 11 is 0. The fourth-order valence-corrected chi connectivity index (χ4v) is 3.87. The van der Waals surface area contributed by atoms with Gasteiger partial charge in [-0.2, -0.15) is 0 Å². The van der Waals surface area contributed by atoms with Gasteiger partial charge in [-0.25, -0.2) is 30.7 Å². The maximum Gasteiger partial charge on any atom is 0.194 e. The smallest absolute Gasteiger partial charge is 0.194 e. The summed E-state index contributed by atoms with van der Waals surface area (Å²) in [5.41, 5.74) is 0.424. The highest BCUT2D eigenvalue weighted by Gasteiger charge is 2.19. The van der Waals surface area contributed by atoms with Gasteiger partial charge in [-0.1, -0.05) is 55.8 Å². The Kier molecular flexibility index (Phi) is 7.29. The molecule has 184 valence electrons. The molecule has 0 amide bonds. The summed E-state index contributed by atoms with van der Waals surface area (Å²) in [5.74, 6) is -9.97. The van der Waals surface area contributed by atoms with Crippen molar-refractivity contribution in [1.29, 1.82) is 0 Å². The average Bonchev–Trinajstić information content (AvgIpc) is 2.86. The van der Waals surface area contributed by atoms with E-state index in [1.165, 1.54) is 6.07 Å². The van der Waals surface area contributed by atoms with Gasteiger partial charge in [0.1, 0.15) is 11.6 Å². The fraction of sp³-hybridized carbons (Fsp3) is 0.103. The van der Waals surface area contributed by atoms with E-state index in [0.29, 0.717) is 29.3 Å². The second-order valence-corrected chi connectivity index (χ2v) is 8.22. The molecule has 0 nitrogen and oxygen atoms in total. The van der Waals surface area contributed by atoms with E-state index < -0.39 is 51.9 Å². The van der Waals surface area contributed by atoms with Crippen molar-refractivity contribution in [3.05, 3.63) is 119 Å². The molecule has 4 aromatic carbocycles. The predicted octanol–water partition coefficient (Wildman–Crippen LogP) is 9.43. The molecule has 0 aliphatic carbocycles. The van der Waals surface area contributed by atoms with Crippen LogP contribution in [0.5, 0.6) is 0 Å². The molecule has 0 spiro atoms. The quantitative estimate of drug-likeness (QED) is 0.141. The van der Waals surface area contributed by atoms with Crippen molar-refractivity contribution >= 4 is 11.7 Å². The lowest BCUT2D eigenvalue weighted by molar-refractivity contribution is 0.447. The monoisotopic (exact) mass is 500 g/mol.